The lowest BCUT2D eigenvalue weighted by Gasteiger charge is -2.41. The summed E-state index contributed by atoms with van der Waals surface area (Å²) in [5, 5.41) is 11.5. The lowest BCUT2D eigenvalue weighted by atomic mass is 9.98. The Kier molecular flexibility index (Phi) is 5.14. The van der Waals surface area contributed by atoms with Crippen LogP contribution in [0.15, 0.2) is 23.1 Å². The molecule has 0 radical (unpaired) electrons. The van der Waals surface area contributed by atoms with Gasteiger partial charge >= 0.3 is 12.1 Å². The number of carboxylic acids is 1. The van der Waals surface area contributed by atoms with Crippen LogP contribution in [0.5, 0.6) is 0 Å². The van der Waals surface area contributed by atoms with Crippen LogP contribution in [0.3, 0.4) is 0 Å². The van der Waals surface area contributed by atoms with Crippen molar-refractivity contribution in [3.05, 3.63) is 39.9 Å². The minimum absolute atomic E-state index is 0.00969. The summed E-state index contributed by atoms with van der Waals surface area (Å²) in [6, 6.07) is 2.60. The van der Waals surface area contributed by atoms with Crippen LogP contribution in [0, 0.1) is 11.7 Å². The minimum atomic E-state index is -4.57. The highest BCUT2D eigenvalue weighted by atomic mass is 19.4. The zero-order valence-corrected chi connectivity index (χ0v) is 16.2. The monoisotopic (exact) mass is 441 g/mol. The van der Waals surface area contributed by atoms with Crippen molar-refractivity contribution in [2.24, 2.45) is 5.92 Å². The Balaban J connectivity index is 1.52. The van der Waals surface area contributed by atoms with Gasteiger partial charge in [0.1, 0.15) is 17.8 Å². The predicted octanol–water partition coefficient (Wildman–Crippen LogP) is 2.68. The number of fused-ring (bicyclic) bond motifs is 1. The van der Waals surface area contributed by atoms with Crippen molar-refractivity contribution in [1.29, 1.82) is 0 Å². The van der Waals surface area contributed by atoms with Crippen molar-refractivity contribution < 1.29 is 32.3 Å². The smallest absolute Gasteiger partial charge is 0.397 e. The maximum atomic E-state index is 14.7. The molecule has 1 amide bonds. The quantitative estimate of drug-likeness (QED) is 0.673. The van der Waals surface area contributed by atoms with Crippen molar-refractivity contribution in [2.45, 2.75) is 31.5 Å². The van der Waals surface area contributed by atoms with E-state index in [1.54, 1.807) is 9.47 Å². The molecule has 166 valence electrons. The Labute approximate surface area is 173 Å². The summed E-state index contributed by atoms with van der Waals surface area (Å²) >= 11 is 0. The molecule has 1 aliphatic heterocycles. The summed E-state index contributed by atoms with van der Waals surface area (Å²) in [5.74, 6) is -3.30. The van der Waals surface area contributed by atoms with E-state index >= 15 is 0 Å². The van der Waals surface area contributed by atoms with E-state index in [9.17, 15) is 37.1 Å². The largest absolute Gasteiger partial charge is 0.477 e. The van der Waals surface area contributed by atoms with Gasteiger partial charge in [0.25, 0.3) is 0 Å². The molecule has 0 unspecified atom stereocenters. The molecule has 2 N–H and O–H groups in total. The van der Waals surface area contributed by atoms with E-state index in [1.807, 2.05) is 0 Å². The number of nitrogens with zero attached hydrogens (tertiary/aromatic N) is 2. The summed E-state index contributed by atoms with van der Waals surface area (Å²) in [6.45, 7) is 0.709. The van der Waals surface area contributed by atoms with Gasteiger partial charge in [-0.05, 0) is 25.0 Å². The Morgan fingerprint density at radius 2 is 1.87 bits per heavy atom. The van der Waals surface area contributed by atoms with Crippen molar-refractivity contribution in [1.82, 2.24) is 9.88 Å². The third-order valence-electron chi connectivity index (χ3n) is 5.52. The predicted molar refractivity (Wildman–Crippen MR) is 103 cm³/mol. The van der Waals surface area contributed by atoms with Crippen LogP contribution < -0.4 is 15.6 Å². The number of benzene rings is 1. The number of rotatable bonds is 6. The van der Waals surface area contributed by atoms with E-state index in [-0.39, 0.29) is 29.6 Å². The molecular weight excluding hydrogens is 422 g/mol. The van der Waals surface area contributed by atoms with Crippen LogP contribution in [0.4, 0.5) is 23.2 Å². The van der Waals surface area contributed by atoms with E-state index in [4.69, 9.17) is 0 Å². The molecule has 1 aromatic heterocycles. The van der Waals surface area contributed by atoms with E-state index in [2.05, 4.69) is 5.32 Å². The number of hydrogen-bond acceptors (Lipinski definition) is 4. The van der Waals surface area contributed by atoms with Crippen LogP contribution in [0.2, 0.25) is 0 Å². The first-order valence-corrected chi connectivity index (χ1v) is 9.73. The highest BCUT2D eigenvalue weighted by molar-refractivity contribution is 5.93. The normalized spacial score (nSPS) is 17.0. The topological polar surface area (TPSA) is 91.6 Å². The van der Waals surface area contributed by atoms with Gasteiger partial charge in [0.15, 0.2) is 0 Å². The third kappa shape index (κ3) is 4.35. The molecule has 7 nitrogen and oxygen atoms in total. The van der Waals surface area contributed by atoms with Gasteiger partial charge in [-0.3, -0.25) is 9.59 Å². The van der Waals surface area contributed by atoms with E-state index < -0.39 is 41.3 Å². The van der Waals surface area contributed by atoms with Gasteiger partial charge in [-0.2, -0.15) is 13.2 Å². The zero-order valence-electron chi connectivity index (χ0n) is 16.2. The fourth-order valence-electron chi connectivity index (χ4n) is 3.81. The number of amides is 1. The van der Waals surface area contributed by atoms with Gasteiger partial charge in [-0.15, -0.1) is 0 Å². The molecule has 2 fully saturated rings. The molecule has 2 heterocycles. The molecule has 0 atom stereocenters. The second-order valence-corrected chi connectivity index (χ2v) is 8.00. The van der Waals surface area contributed by atoms with Crippen LogP contribution in [0.1, 0.15) is 35.7 Å². The van der Waals surface area contributed by atoms with Gasteiger partial charge in [0, 0.05) is 43.2 Å². The number of halogens is 4. The number of aromatic carboxylic acids is 1. The van der Waals surface area contributed by atoms with Gasteiger partial charge in [-0.1, -0.05) is 0 Å². The zero-order chi connectivity index (χ0) is 22.5. The standard InChI is InChI=1S/C20H19F4N3O4/c21-14-3-12-15(27(11-1-2-11)9-13(18(12)29)19(30)31)4-16(14)26-7-10(8-26)6-25-17(28)5-20(22,23)24/h3-4,9-11H,1-2,5-8H2,(H,25,28)(H,30,31). The maximum absolute atomic E-state index is 14.7. The highest BCUT2D eigenvalue weighted by Gasteiger charge is 2.34. The molecule has 1 aromatic carbocycles. The highest BCUT2D eigenvalue weighted by Crippen LogP contribution is 2.38. The molecule has 1 aliphatic carbocycles. The SMILES string of the molecule is O=C(CC(F)(F)F)NCC1CN(c2cc3c(cc2F)c(=O)c(C(=O)O)cn3C2CC2)C1. The minimum Gasteiger partial charge on any atom is -0.477 e. The van der Waals surface area contributed by atoms with Crippen LogP contribution >= 0.6 is 0 Å². The summed E-state index contributed by atoms with van der Waals surface area (Å²) in [4.78, 5) is 36.8. The molecule has 2 aromatic rings. The molecule has 0 spiro atoms. The number of hydrogen-bond donors (Lipinski definition) is 2. The van der Waals surface area contributed by atoms with Gasteiger partial charge in [-0.25, -0.2) is 9.18 Å². The van der Waals surface area contributed by atoms with E-state index in [0.717, 1.165) is 18.9 Å². The average molecular weight is 441 g/mol. The second kappa shape index (κ2) is 7.54. The van der Waals surface area contributed by atoms with Gasteiger partial charge in [0.2, 0.25) is 11.3 Å². The first-order chi connectivity index (χ1) is 14.5. The van der Waals surface area contributed by atoms with Gasteiger partial charge in [0.05, 0.1) is 11.2 Å². The first kappa shape index (κ1) is 21.1. The van der Waals surface area contributed by atoms with Gasteiger partial charge < -0.3 is 19.9 Å². The molecule has 11 heteroatoms. The van der Waals surface area contributed by atoms with Crippen molar-refractivity contribution in [3.63, 3.8) is 0 Å². The van der Waals surface area contributed by atoms with Crippen molar-refractivity contribution in [2.75, 3.05) is 24.5 Å². The molecular formula is C20H19F4N3O4. The molecule has 0 bridgehead atoms. The molecule has 1 saturated carbocycles. The lowest BCUT2D eigenvalue weighted by molar-refractivity contribution is -0.153. The Hall–Kier alpha value is -3.11. The molecule has 4 rings (SSSR count). The number of carbonyl (C=O) groups excluding carboxylic acids is 1. The number of alkyl halides is 3. The van der Waals surface area contributed by atoms with Crippen LogP contribution in [-0.2, 0) is 4.79 Å². The average Bonchev–Trinajstić information content (AvgIpc) is 3.44. The Bertz CT molecular complexity index is 1120. The summed E-state index contributed by atoms with van der Waals surface area (Å²) in [6.07, 6.45) is -3.16. The Morgan fingerprint density at radius 1 is 1.19 bits per heavy atom. The number of nitrogens with one attached hydrogen (secondary N) is 1. The van der Waals surface area contributed by atoms with Crippen LogP contribution in [-0.4, -0.2) is 47.4 Å². The van der Waals surface area contributed by atoms with Crippen molar-refractivity contribution in [3.8, 4) is 0 Å². The molecule has 1 saturated heterocycles. The fourth-order valence-corrected chi connectivity index (χ4v) is 3.81. The van der Waals surface area contributed by atoms with E-state index in [1.165, 1.54) is 12.3 Å². The molecule has 2 aliphatic rings. The summed E-state index contributed by atoms with van der Waals surface area (Å²) in [7, 11) is 0. The number of aromatic nitrogens is 1. The second-order valence-electron chi connectivity index (χ2n) is 8.00. The van der Waals surface area contributed by atoms with Crippen molar-refractivity contribution >= 4 is 28.5 Å². The Morgan fingerprint density at radius 3 is 2.45 bits per heavy atom. The fraction of sp³-hybridized carbons (Fsp3) is 0.450. The summed E-state index contributed by atoms with van der Waals surface area (Å²) < 4.78 is 53.1. The number of carbonyl (C=O) groups is 2. The summed E-state index contributed by atoms with van der Waals surface area (Å²) in [5.41, 5.74) is -0.498. The number of carboxylic acid groups (broad SMARTS) is 1. The third-order valence-corrected chi connectivity index (χ3v) is 5.52. The molecule has 31 heavy (non-hydrogen) atoms. The van der Waals surface area contributed by atoms with E-state index in [0.29, 0.717) is 18.6 Å². The van der Waals surface area contributed by atoms with Crippen LogP contribution in [0.25, 0.3) is 10.9 Å². The number of anilines is 1. The number of pyridine rings is 1. The maximum Gasteiger partial charge on any atom is 0.397 e. The first-order valence-electron chi connectivity index (χ1n) is 9.73. The lowest BCUT2D eigenvalue weighted by Crippen LogP contribution is -2.52.